The van der Waals surface area contributed by atoms with Gasteiger partial charge in [0, 0.05) is 27.7 Å². The van der Waals surface area contributed by atoms with Gasteiger partial charge in [0.15, 0.2) is 0 Å². The first-order valence-corrected chi connectivity index (χ1v) is 13.0. The maximum absolute atomic E-state index is 6.07. The molecule has 4 aromatic carbocycles. The summed E-state index contributed by atoms with van der Waals surface area (Å²) in [4.78, 5) is 3.94. The Morgan fingerprint density at radius 3 is 2.16 bits per heavy atom. The fraction of sp³-hybridized carbons (Fsp3) is 0.143. The van der Waals surface area contributed by atoms with Gasteiger partial charge in [-0.1, -0.05) is 122 Å². The number of ether oxygens (including phenoxy) is 1. The molecule has 0 saturated carbocycles. The summed E-state index contributed by atoms with van der Waals surface area (Å²) in [7, 11) is 1.77. The van der Waals surface area contributed by atoms with Crippen molar-refractivity contribution in [2.45, 2.75) is 25.2 Å². The molecule has 37 heavy (non-hydrogen) atoms. The number of rotatable bonds is 7. The van der Waals surface area contributed by atoms with Crippen LogP contribution in [-0.4, -0.2) is 12.1 Å². The van der Waals surface area contributed by atoms with Crippen LogP contribution >= 0.6 is 0 Å². The van der Waals surface area contributed by atoms with Gasteiger partial charge in [0.2, 0.25) is 0 Å². The average molecular weight is 482 g/mol. The molecule has 1 N–H and O–H groups in total. The van der Waals surface area contributed by atoms with Crippen LogP contribution in [0.1, 0.15) is 36.6 Å². The Balaban J connectivity index is 1.80. The van der Waals surface area contributed by atoms with Crippen LogP contribution in [0.4, 0.5) is 0 Å². The summed E-state index contributed by atoms with van der Waals surface area (Å²) in [6.45, 7) is 2.24. The molecule has 0 spiro atoms. The first-order chi connectivity index (χ1) is 18.3. The van der Waals surface area contributed by atoms with Crippen molar-refractivity contribution >= 4 is 10.9 Å². The lowest BCUT2D eigenvalue weighted by atomic mass is 9.64. The number of H-pyrrole nitrogens is 1. The monoisotopic (exact) mass is 481 g/mol. The molecule has 0 saturated heterocycles. The highest BCUT2D eigenvalue weighted by Gasteiger charge is 2.45. The Bertz CT molecular complexity index is 1610. The third-order valence-electron chi connectivity index (χ3n) is 7.73. The van der Waals surface area contributed by atoms with Crippen LogP contribution in [0.3, 0.4) is 0 Å². The van der Waals surface area contributed by atoms with E-state index < -0.39 is 5.41 Å². The average Bonchev–Trinajstić information content (AvgIpc) is 3.61. The second kappa shape index (κ2) is 9.63. The molecular formula is C35H31NO. The zero-order chi connectivity index (χ0) is 25.2. The van der Waals surface area contributed by atoms with Crippen LogP contribution in [-0.2, 0) is 5.41 Å². The molecule has 0 aliphatic heterocycles. The molecule has 0 fully saturated rings. The molecule has 1 aliphatic carbocycles. The number of methoxy groups -OCH3 is 1. The summed E-state index contributed by atoms with van der Waals surface area (Å²) < 4.78 is 6.07. The van der Waals surface area contributed by atoms with Gasteiger partial charge >= 0.3 is 0 Å². The molecule has 0 unspecified atom stereocenters. The number of para-hydroxylation sites is 2. The van der Waals surface area contributed by atoms with E-state index in [2.05, 4.69) is 133 Å². The number of aromatic amines is 1. The highest BCUT2D eigenvalue weighted by Crippen LogP contribution is 2.54. The number of benzene rings is 4. The SMILES string of the molecule is CCC1=CC=C([C@](c2ccccc2)(c2ccccc2OC)c2[nH]c3ccccc3c2-c2ccccc2)C1. The van der Waals surface area contributed by atoms with Crippen LogP contribution in [0.25, 0.3) is 22.0 Å². The molecule has 2 nitrogen and oxygen atoms in total. The molecule has 2 heteroatoms. The van der Waals surface area contributed by atoms with E-state index in [1.165, 1.54) is 38.9 Å². The number of hydrogen-bond donors (Lipinski definition) is 1. The van der Waals surface area contributed by atoms with E-state index >= 15 is 0 Å². The second-order valence-corrected chi connectivity index (χ2v) is 9.65. The molecule has 1 aliphatic rings. The summed E-state index contributed by atoms with van der Waals surface area (Å²) in [5.41, 5.74) is 9.33. The molecule has 1 aromatic heterocycles. The second-order valence-electron chi connectivity index (χ2n) is 9.65. The van der Waals surface area contributed by atoms with Crippen molar-refractivity contribution in [3.8, 4) is 16.9 Å². The van der Waals surface area contributed by atoms with Crippen LogP contribution in [0.2, 0.25) is 0 Å². The van der Waals surface area contributed by atoms with E-state index in [1.807, 2.05) is 0 Å². The summed E-state index contributed by atoms with van der Waals surface area (Å²) in [6, 6.07) is 38.8. The van der Waals surface area contributed by atoms with Gasteiger partial charge in [-0.15, -0.1) is 0 Å². The zero-order valence-corrected chi connectivity index (χ0v) is 21.4. The molecule has 6 rings (SSSR count). The fourth-order valence-electron chi connectivity index (χ4n) is 6.01. The van der Waals surface area contributed by atoms with Gasteiger partial charge in [0.25, 0.3) is 0 Å². The minimum atomic E-state index is -0.578. The molecule has 1 heterocycles. The van der Waals surface area contributed by atoms with Crippen molar-refractivity contribution in [2.24, 2.45) is 0 Å². The number of aromatic nitrogens is 1. The lowest BCUT2D eigenvalue weighted by Crippen LogP contribution is -2.33. The number of fused-ring (bicyclic) bond motifs is 1. The first kappa shape index (κ1) is 23.1. The Morgan fingerprint density at radius 1 is 0.757 bits per heavy atom. The highest BCUT2D eigenvalue weighted by atomic mass is 16.5. The summed E-state index contributed by atoms with van der Waals surface area (Å²) in [6.07, 6.45) is 6.62. The Hall–Kier alpha value is -4.30. The summed E-state index contributed by atoms with van der Waals surface area (Å²) >= 11 is 0. The van der Waals surface area contributed by atoms with Crippen molar-refractivity contribution in [2.75, 3.05) is 7.11 Å². The van der Waals surface area contributed by atoms with Gasteiger partial charge in [-0.25, -0.2) is 0 Å². The lowest BCUT2D eigenvalue weighted by Gasteiger charge is -2.38. The predicted molar refractivity (Wildman–Crippen MR) is 154 cm³/mol. The third kappa shape index (κ3) is 3.72. The largest absolute Gasteiger partial charge is 0.496 e. The summed E-state index contributed by atoms with van der Waals surface area (Å²) in [5.74, 6) is 0.884. The lowest BCUT2D eigenvalue weighted by molar-refractivity contribution is 0.404. The molecule has 5 aromatic rings. The van der Waals surface area contributed by atoms with E-state index in [4.69, 9.17) is 4.74 Å². The Kier molecular flexibility index (Phi) is 6.02. The summed E-state index contributed by atoms with van der Waals surface area (Å²) in [5, 5.41) is 1.22. The fourth-order valence-corrected chi connectivity index (χ4v) is 6.01. The Morgan fingerprint density at radius 2 is 1.43 bits per heavy atom. The molecule has 0 bridgehead atoms. The highest BCUT2D eigenvalue weighted by molar-refractivity contribution is 5.99. The first-order valence-electron chi connectivity index (χ1n) is 13.0. The van der Waals surface area contributed by atoms with Gasteiger partial charge in [-0.2, -0.15) is 0 Å². The van der Waals surface area contributed by atoms with Gasteiger partial charge in [0.1, 0.15) is 5.75 Å². The van der Waals surface area contributed by atoms with E-state index in [1.54, 1.807) is 7.11 Å². The molecule has 0 radical (unpaired) electrons. The van der Waals surface area contributed by atoms with Crippen LogP contribution in [0, 0.1) is 0 Å². The van der Waals surface area contributed by atoms with Crippen LogP contribution in [0.5, 0.6) is 5.75 Å². The number of allylic oxidation sites excluding steroid dienone is 4. The van der Waals surface area contributed by atoms with E-state index in [9.17, 15) is 0 Å². The quantitative estimate of drug-likeness (QED) is 0.247. The van der Waals surface area contributed by atoms with Gasteiger partial charge in [-0.05, 0) is 41.7 Å². The molecule has 182 valence electrons. The minimum absolute atomic E-state index is 0.578. The molecule has 0 amide bonds. The number of hydrogen-bond acceptors (Lipinski definition) is 1. The topological polar surface area (TPSA) is 25.0 Å². The van der Waals surface area contributed by atoms with Crippen molar-refractivity contribution < 1.29 is 4.74 Å². The van der Waals surface area contributed by atoms with Crippen molar-refractivity contribution in [1.29, 1.82) is 0 Å². The van der Waals surface area contributed by atoms with Crippen molar-refractivity contribution in [3.05, 3.63) is 149 Å². The third-order valence-corrected chi connectivity index (χ3v) is 7.73. The van der Waals surface area contributed by atoms with E-state index in [0.717, 1.165) is 29.7 Å². The van der Waals surface area contributed by atoms with Gasteiger partial charge in [-0.3, -0.25) is 0 Å². The van der Waals surface area contributed by atoms with E-state index in [0.29, 0.717) is 0 Å². The standard InChI is InChI=1S/C35H31NO/c1-3-25-22-23-28(24-25)35(27-16-8-5-9-17-27,30-19-11-13-21-32(30)37-2)34-33(26-14-6-4-7-15-26)29-18-10-12-20-31(29)36-34/h4-23,36H,3,24H2,1-2H3/t35-/m1/s1. The predicted octanol–water partition coefficient (Wildman–Crippen LogP) is 8.84. The van der Waals surface area contributed by atoms with Crippen LogP contribution < -0.4 is 4.74 Å². The Labute approximate surface area is 219 Å². The van der Waals surface area contributed by atoms with Crippen molar-refractivity contribution in [1.82, 2.24) is 4.98 Å². The van der Waals surface area contributed by atoms with Crippen LogP contribution in [0.15, 0.2) is 132 Å². The zero-order valence-electron chi connectivity index (χ0n) is 21.4. The maximum Gasteiger partial charge on any atom is 0.123 e. The maximum atomic E-state index is 6.07. The smallest absolute Gasteiger partial charge is 0.123 e. The minimum Gasteiger partial charge on any atom is -0.496 e. The molecule has 1 atom stereocenters. The van der Waals surface area contributed by atoms with Gasteiger partial charge < -0.3 is 9.72 Å². The number of nitrogens with one attached hydrogen (secondary N) is 1. The van der Waals surface area contributed by atoms with Crippen molar-refractivity contribution in [3.63, 3.8) is 0 Å². The molecular weight excluding hydrogens is 450 g/mol. The van der Waals surface area contributed by atoms with Gasteiger partial charge in [0.05, 0.1) is 12.5 Å². The van der Waals surface area contributed by atoms with E-state index in [-0.39, 0.29) is 0 Å². The normalized spacial score (nSPS) is 14.8.